The van der Waals surface area contributed by atoms with Gasteiger partial charge in [-0.3, -0.25) is 4.79 Å². The van der Waals surface area contributed by atoms with E-state index in [1.807, 2.05) is 6.92 Å². The Morgan fingerprint density at radius 3 is 2.71 bits per heavy atom. The molecule has 1 aliphatic rings. The summed E-state index contributed by atoms with van der Waals surface area (Å²) in [5.41, 5.74) is 15.8. The van der Waals surface area contributed by atoms with Gasteiger partial charge in [0.05, 0.1) is 5.69 Å². The largest absolute Gasteiger partial charge is 0.404 e. The number of aromatic nitrogens is 1. The van der Waals surface area contributed by atoms with E-state index in [4.69, 9.17) is 11.5 Å². The van der Waals surface area contributed by atoms with Crippen LogP contribution in [0, 0.1) is 18.7 Å². The van der Waals surface area contributed by atoms with Gasteiger partial charge in [-0.15, -0.1) is 0 Å². The molecule has 6 N–H and O–H groups in total. The second-order valence-corrected chi connectivity index (χ2v) is 6.81. The minimum Gasteiger partial charge on any atom is -0.404 e. The van der Waals surface area contributed by atoms with E-state index in [0.717, 1.165) is 24.0 Å². The van der Waals surface area contributed by atoms with Crippen LogP contribution in [0.25, 0.3) is 11.3 Å². The van der Waals surface area contributed by atoms with Crippen molar-refractivity contribution < 1.29 is 9.18 Å². The van der Waals surface area contributed by atoms with Crippen molar-refractivity contribution in [3.05, 3.63) is 65.2 Å². The number of allylic oxidation sites excluding steroid dienone is 2. The Bertz CT molecular complexity index is 963. The molecular formula is C21H24FN5O. The molecule has 28 heavy (non-hydrogen) atoms. The molecule has 1 heterocycles. The van der Waals surface area contributed by atoms with E-state index in [2.05, 4.69) is 15.6 Å². The van der Waals surface area contributed by atoms with Crippen molar-refractivity contribution in [1.82, 2.24) is 4.98 Å². The molecule has 1 aromatic heterocycles. The van der Waals surface area contributed by atoms with Crippen LogP contribution >= 0.6 is 0 Å². The molecule has 6 nitrogen and oxygen atoms in total. The standard InChI is InChI=1S/C21H24FN5O/c1-12-7-17(22)19(25-2)10-16(12)15(11-23)8-18(24)14-5-6-26-20(9-14)27-21(28)13-3-4-13/h5-11,13,25H,3-4,23-24H2,1-2H3,(H,26,27,28)/b15-11+,18-8-. The van der Waals surface area contributed by atoms with Gasteiger partial charge in [-0.25, -0.2) is 9.37 Å². The van der Waals surface area contributed by atoms with Gasteiger partial charge in [0.15, 0.2) is 0 Å². The predicted molar refractivity (Wildman–Crippen MR) is 111 cm³/mol. The number of carbonyl (C=O) groups excluding carboxylic acids is 1. The van der Waals surface area contributed by atoms with Gasteiger partial charge in [0.25, 0.3) is 0 Å². The molecule has 0 bridgehead atoms. The van der Waals surface area contributed by atoms with E-state index in [9.17, 15) is 9.18 Å². The molecule has 0 atom stereocenters. The molecule has 1 saturated carbocycles. The maximum absolute atomic E-state index is 13.9. The van der Waals surface area contributed by atoms with Crippen LogP contribution in [0.15, 0.2) is 42.7 Å². The average Bonchev–Trinajstić information content (AvgIpc) is 3.52. The molecule has 1 aliphatic carbocycles. The quantitative estimate of drug-likeness (QED) is 0.575. The highest BCUT2D eigenvalue weighted by Gasteiger charge is 2.29. The Kier molecular flexibility index (Phi) is 5.63. The highest BCUT2D eigenvalue weighted by atomic mass is 19.1. The molecular weight excluding hydrogens is 357 g/mol. The summed E-state index contributed by atoms with van der Waals surface area (Å²) in [4.78, 5) is 16.1. The zero-order chi connectivity index (χ0) is 20.3. The summed E-state index contributed by atoms with van der Waals surface area (Å²) in [6, 6.07) is 6.62. The van der Waals surface area contributed by atoms with Crippen LogP contribution in [-0.4, -0.2) is 17.9 Å². The Labute approximate surface area is 163 Å². The molecule has 0 saturated heterocycles. The molecule has 7 heteroatoms. The Balaban J connectivity index is 1.88. The van der Waals surface area contributed by atoms with Crippen LogP contribution in [0.2, 0.25) is 0 Å². The van der Waals surface area contributed by atoms with E-state index >= 15 is 0 Å². The molecule has 0 unspecified atom stereocenters. The molecule has 1 aromatic carbocycles. The molecule has 3 rings (SSSR count). The number of anilines is 2. The number of hydrogen-bond donors (Lipinski definition) is 4. The highest BCUT2D eigenvalue weighted by molar-refractivity contribution is 5.93. The highest BCUT2D eigenvalue weighted by Crippen LogP contribution is 2.30. The number of nitrogens with two attached hydrogens (primary N) is 2. The van der Waals surface area contributed by atoms with Crippen LogP contribution in [-0.2, 0) is 4.79 Å². The van der Waals surface area contributed by atoms with Gasteiger partial charge in [-0.2, -0.15) is 0 Å². The van der Waals surface area contributed by atoms with E-state index in [0.29, 0.717) is 28.3 Å². The molecule has 146 valence electrons. The fraction of sp³-hybridized carbons (Fsp3) is 0.238. The first-order chi connectivity index (χ1) is 13.4. The van der Waals surface area contributed by atoms with Crippen molar-refractivity contribution in [1.29, 1.82) is 0 Å². The summed E-state index contributed by atoms with van der Waals surface area (Å²) in [6.07, 6.45) is 6.59. The number of halogens is 1. The number of hydrogen-bond acceptors (Lipinski definition) is 5. The number of amides is 1. The Hall–Kier alpha value is -3.35. The first-order valence-corrected chi connectivity index (χ1v) is 9.07. The van der Waals surface area contributed by atoms with E-state index in [-0.39, 0.29) is 17.6 Å². The summed E-state index contributed by atoms with van der Waals surface area (Å²) in [5, 5.41) is 5.63. The second kappa shape index (κ2) is 8.12. The first-order valence-electron chi connectivity index (χ1n) is 9.07. The van der Waals surface area contributed by atoms with Gasteiger partial charge in [-0.1, -0.05) is 0 Å². The van der Waals surface area contributed by atoms with Gasteiger partial charge in [0.1, 0.15) is 11.6 Å². The third-order valence-electron chi connectivity index (χ3n) is 4.68. The molecule has 0 spiro atoms. The predicted octanol–water partition coefficient (Wildman–Crippen LogP) is 3.22. The van der Waals surface area contributed by atoms with Crippen molar-refractivity contribution in [3.8, 4) is 0 Å². The summed E-state index contributed by atoms with van der Waals surface area (Å²) >= 11 is 0. The van der Waals surface area contributed by atoms with Crippen LogP contribution in [0.1, 0.15) is 29.5 Å². The van der Waals surface area contributed by atoms with Gasteiger partial charge in [0.2, 0.25) is 5.91 Å². The van der Waals surface area contributed by atoms with Gasteiger partial charge in [0, 0.05) is 36.6 Å². The van der Waals surface area contributed by atoms with Gasteiger partial charge >= 0.3 is 0 Å². The third kappa shape index (κ3) is 4.31. The van der Waals surface area contributed by atoms with Crippen LogP contribution in [0.4, 0.5) is 15.9 Å². The van der Waals surface area contributed by atoms with Crippen molar-refractivity contribution in [3.63, 3.8) is 0 Å². The number of benzene rings is 1. The van der Waals surface area contributed by atoms with Crippen molar-refractivity contribution in [2.75, 3.05) is 17.7 Å². The first kappa shape index (κ1) is 19.4. The Morgan fingerprint density at radius 1 is 1.32 bits per heavy atom. The average molecular weight is 381 g/mol. The van der Waals surface area contributed by atoms with Crippen molar-refractivity contribution in [2.45, 2.75) is 19.8 Å². The lowest BCUT2D eigenvalue weighted by atomic mass is 9.98. The van der Waals surface area contributed by atoms with E-state index < -0.39 is 0 Å². The second-order valence-electron chi connectivity index (χ2n) is 6.81. The fourth-order valence-electron chi connectivity index (χ4n) is 2.89. The third-order valence-corrected chi connectivity index (χ3v) is 4.68. The summed E-state index contributed by atoms with van der Waals surface area (Å²) in [7, 11) is 1.65. The lowest BCUT2D eigenvalue weighted by molar-refractivity contribution is -0.117. The minimum absolute atomic E-state index is 0.0173. The SMILES string of the molecule is CNc1cc(C(/C=C(\N)c2ccnc(NC(=O)C3CC3)c2)=C/N)c(C)cc1F. The molecule has 1 fully saturated rings. The zero-order valence-corrected chi connectivity index (χ0v) is 15.9. The molecule has 0 aliphatic heterocycles. The summed E-state index contributed by atoms with van der Waals surface area (Å²) in [5.74, 6) is 0.200. The van der Waals surface area contributed by atoms with Crippen molar-refractivity contribution in [2.24, 2.45) is 17.4 Å². The maximum atomic E-state index is 13.9. The topological polar surface area (TPSA) is 106 Å². The maximum Gasteiger partial charge on any atom is 0.228 e. The monoisotopic (exact) mass is 381 g/mol. The number of nitrogens with zero attached hydrogens (tertiary/aromatic N) is 1. The zero-order valence-electron chi connectivity index (χ0n) is 15.9. The summed E-state index contributed by atoms with van der Waals surface area (Å²) < 4.78 is 13.9. The number of nitrogens with one attached hydrogen (secondary N) is 2. The van der Waals surface area contributed by atoms with E-state index in [1.165, 1.54) is 12.3 Å². The Morgan fingerprint density at radius 2 is 2.07 bits per heavy atom. The molecule has 1 amide bonds. The number of pyridine rings is 1. The van der Waals surface area contributed by atoms with Crippen LogP contribution in [0.3, 0.4) is 0 Å². The normalized spacial score (nSPS) is 14.7. The smallest absolute Gasteiger partial charge is 0.228 e. The van der Waals surface area contributed by atoms with Gasteiger partial charge in [-0.05, 0) is 66.8 Å². The van der Waals surface area contributed by atoms with Crippen LogP contribution < -0.4 is 22.1 Å². The lowest BCUT2D eigenvalue weighted by Gasteiger charge is -2.12. The molecule has 0 radical (unpaired) electrons. The number of aryl methyl sites for hydroxylation is 1. The number of carbonyl (C=O) groups is 1. The number of rotatable bonds is 6. The minimum atomic E-state index is -0.331. The lowest BCUT2D eigenvalue weighted by Crippen LogP contribution is -2.14. The van der Waals surface area contributed by atoms with Crippen LogP contribution in [0.5, 0.6) is 0 Å². The van der Waals surface area contributed by atoms with Crippen molar-refractivity contribution >= 4 is 28.7 Å². The molecule has 2 aromatic rings. The van der Waals surface area contributed by atoms with E-state index in [1.54, 1.807) is 37.5 Å². The fourth-order valence-corrected chi connectivity index (χ4v) is 2.89. The summed E-state index contributed by atoms with van der Waals surface area (Å²) in [6.45, 7) is 1.81. The van der Waals surface area contributed by atoms with Gasteiger partial charge < -0.3 is 22.1 Å².